The molecule has 0 radical (unpaired) electrons. The zero-order chi connectivity index (χ0) is 12.3. The Bertz CT molecular complexity index is 374. The summed E-state index contributed by atoms with van der Waals surface area (Å²) in [7, 11) is 4.24. The van der Waals surface area contributed by atoms with Crippen molar-refractivity contribution in [2.45, 2.75) is 25.9 Å². The minimum Gasteiger partial charge on any atom is -0.384 e. The molecule has 0 saturated carbocycles. The summed E-state index contributed by atoms with van der Waals surface area (Å²) < 4.78 is 0. The standard InChI is InChI=1S/C14H23N3/c1-11(17(2)3)9-15-10-13-6-4-5-12-7-8-16-14(12)13/h4-6,11,15-16H,7-10H2,1-3H3. The topological polar surface area (TPSA) is 27.3 Å². The van der Waals surface area contributed by atoms with E-state index in [1.807, 2.05) is 0 Å². The number of benzene rings is 1. The molecule has 1 aliphatic heterocycles. The predicted molar refractivity (Wildman–Crippen MR) is 73.5 cm³/mol. The lowest BCUT2D eigenvalue weighted by Crippen LogP contribution is -2.35. The molecule has 0 amide bonds. The quantitative estimate of drug-likeness (QED) is 0.810. The van der Waals surface area contributed by atoms with E-state index in [4.69, 9.17) is 0 Å². The number of fused-ring (bicyclic) bond motifs is 1. The van der Waals surface area contributed by atoms with Crippen LogP contribution in [0, 0.1) is 0 Å². The molecule has 0 saturated heterocycles. The second-order valence-corrected chi connectivity index (χ2v) is 5.07. The molecule has 1 unspecified atom stereocenters. The molecule has 1 heterocycles. The van der Waals surface area contributed by atoms with Crippen molar-refractivity contribution in [2.75, 3.05) is 32.5 Å². The molecule has 17 heavy (non-hydrogen) atoms. The van der Waals surface area contributed by atoms with E-state index in [1.54, 1.807) is 0 Å². The van der Waals surface area contributed by atoms with Gasteiger partial charge in [-0.15, -0.1) is 0 Å². The Kier molecular flexibility index (Phi) is 4.02. The molecule has 94 valence electrons. The van der Waals surface area contributed by atoms with Crippen molar-refractivity contribution < 1.29 is 0 Å². The van der Waals surface area contributed by atoms with Gasteiger partial charge in [-0.1, -0.05) is 18.2 Å². The van der Waals surface area contributed by atoms with E-state index in [9.17, 15) is 0 Å². The Morgan fingerprint density at radius 3 is 3.00 bits per heavy atom. The summed E-state index contributed by atoms with van der Waals surface area (Å²) in [6, 6.07) is 7.17. The number of nitrogens with zero attached hydrogens (tertiary/aromatic N) is 1. The summed E-state index contributed by atoms with van der Waals surface area (Å²) >= 11 is 0. The van der Waals surface area contributed by atoms with E-state index in [0.29, 0.717) is 6.04 Å². The molecule has 0 fully saturated rings. The second kappa shape index (κ2) is 5.52. The Hall–Kier alpha value is -1.06. The van der Waals surface area contributed by atoms with E-state index in [2.05, 4.69) is 54.8 Å². The number of anilines is 1. The van der Waals surface area contributed by atoms with Crippen LogP contribution in [-0.2, 0) is 13.0 Å². The largest absolute Gasteiger partial charge is 0.384 e. The van der Waals surface area contributed by atoms with E-state index in [-0.39, 0.29) is 0 Å². The van der Waals surface area contributed by atoms with Crippen LogP contribution >= 0.6 is 0 Å². The third-order valence-corrected chi connectivity index (χ3v) is 3.57. The molecule has 0 bridgehead atoms. The molecule has 0 spiro atoms. The van der Waals surface area contributed by atoms with Gasteiger partial charge in [0.05, 0.1) is 0 Å². The van der Waals surface area contributed by atoms with Gasteiger partial charge in [0, 0.05) is 31.4 Å². The molecule has 3 nitrogen and oxygen atoms in total. The summed E-state index contributed by atoms with van der Waals surface area (Å²) in [5.41, 5.74) is 4.22. The Labute approximate surface area is 104 Å². The third kappa shape index (κ3) is 2.99. The second-order valence-electron chi connectivity index (χ2n) is 5.07. The van der Waals surface area contributed by atoms with Gasteiger partial charge in [-0.2, -0.15) is 0 Å². The average Bonchev–Trinajstić information content (AvgIpc) is 2.77. The molecule has 2 rings (SSSR count). The number of rotatable bonds is 5. The van der Waals surface area contributed by atoms with Crippen molar-refractivity contribution in [1.29, 1.82) is 0 Å². The average molecular weight is 233 g/mol. The van der Waals surface area contributed by atoms with Crippen LogP contribution in [0.2, 0.25) is 0 Å². The first-order valence-electron chi connectivity index (χ1n) is 6.40. The highest BCUT2D eigenvalue weighted by atomic mass is 15.1. The van der Waals surface area contributed by atoms with Crippen molar-refractivity contribution in [3.05, 3.63) is 29.3 Å². The smallest absolute Gasteiger partial charge is 0.0419 e. The maximum absolute atomic E-state index is 3.53. The summed E-state index contributed by atoms with van der Waals surface area (Å²) in [5, 5.41) is 7.01. The number of likely N-dealkylation sites (N-methyl/N-ethyl adjacent to an activating group) is 1. The van der Waals surface area contributed by atoms with Gasteiger partial charge in [0.1, 0.15) is 0 Å². The number of nitrogens with one attached hydrogen (secondary N) is 2. The lowest BCUT2D eigenvalue weighted by atomic mass is 10.1. The molecule has 3 heteroatoms. The van der Waals surface area contributed by atoms with Crippen LogP contribution in [0.15, 0.2) is 18.2 Å². The van der Waals surface area contributed by atoms with Crippen LogP contribution in [0.4, 0.5) is 5.69 Å². The molecular weight excluding hydrogens is 210 g/mol. The lowest BCUT2D eigenvalue weighted by molar-refractivity contribution is 0.302. The maximum atomic E-state index is 3.53. The molecular formula is C14H23N3. The zero-order valence-corrected chi connectivity index (χ0v) is 11.1. The van der Waals surface area contributed by atoms with Gasteiger partial charge >= 0.3 is 0 Å². The maximum Gasteiger partial charge on any atom is 0.0419 e. The predicted octanol–water partition coefficient (Wildman–Crippen LogP) is 1.69. The fraction of sp³-hybridized carbons (Fsp3) is 0.571. The lowest BCUT2D eigenvalue weighted by Gasteiger charge is -2.20. The Morgan fingerprint density at radius 2 is 2.24 bits per heavy atom. The normalized spacial score (nSPS) is 15.8. The highest BCUT2D eigenvalue weighted by molar-refractivity contribution is 5.61. The SMILES string of the molecule is CC(CNCc1cccc2c1NCC2)N(C)C. The highest BCUT2D eigenvalue weighted by Crippen LogP contribution is 2.26. The van der Waals surface area contributed by atoms with Gasteiger partial charge in [-0.05, 0) is 38.6 Å². The number of hydrogen-bond acceptors (Lipinski definition) is 3. The zero-order valence-electron chi connectivity index (χ0n) is 11.1. The fourth-order valence-corrected chi connectivity index (χ4v) is 2.16. The van der Waals surface area contributed by atoms with Gasteiger partial charge in [-0.25, -0.2) is 0 Å². The minimum atomic E-state index is 0.569. The molecule has 0 aliphatic carbocycles. The van der Waals surface area contributed by atoms with Crippen molar-refractivity contribution >= 4 is 5.69 Å². The Balaban J connectivity index is 1.90. The molecule has 1 aromatic rings. The molecule has 0 aromatic heterocycles. The van der Waals surface area contributed by atoms with Crippen molar-refractivity contribution in [3.8, 4) is 0 Å². The summed E-state index contributed by atoms with van der Waals surface area (Å²) in [6.45, 7) is 5.30. The fourth-order valence-electron chi connectivity index (χ4n) is 2.16. The van der Waals surface area contributed by atoms with Gasteiger partial charge in [0.25, 0.3) is 0 Å². The molecule has 2 N–H and O–H groups in total. The van der Waals surface area contributed by atoms with Crippen molar-refractivity contribution in [1.82, 2.24) is 10.2 Å². The monoisotopic (exact) mass is 233 g/mol. The molecule has 1 aromatic carbocycles. The van der Waals surface area contributed by atoms with Gasteiger partial charge in [-0.3, -0.25) is 0 Å². The van der Waals surface area contributed by atoms with Gasteiger partial charge < -0.3 is 15.5 Å². The molecule has 1 atom stereocenters. The first-order valence-corrected chi connectivity index (χ1v) is 6.40. The van der Waals surface area contributed by atoms with Gasteiger partial charge in [0.15, 0.2) is 0 Å². The minimum absolute atomic E-state index is 0.569. The first-order chi connectivity index (χ1) is 8.18. The highest BCUT2D eigenvalue weighted by Gasteiger charge is 2.13. The first kappa shape index (κ1) is 12.4. The van der Waals surface area contributed by atoms with Crippen molar-refractivity contribution in [2.24, 2.45) is 0 Å². The van der Waals surface area contributed by atoms with Crippen LogP contribution in [0.3, 0.4) is 0 Å². The summed E-state index contributed by atoms with van der Waals surface area (Å²) in [6.07, 6.45) is 1.16. The number of hydrogen-bond donors (Lipinski definition) is 2. The van der Waals surface area contributed by atoms with Gasteiger partial charge in [0.2, 0.25) is 0 Å². The van der Waals surface area contributed by atoms with E-state index < -0.39 is 0 Å². The van der Waals surface area contributed by atoms with E-state index >= 15 is 0 Å². The van der Waals surface area contributed by atoms with Crippen LogP contribution in [0.25, 0.3) is 0 Å². The Morgan fingerprint density at radius 1 is 1.41 bits per heavy atom. The number of para-hydroxylation sites is 1. The van der Waals surface area contributed by atoms with Crippen LogP contribution in [-0.4, -0.2) is 38.1 Å². The van der Waals surface area contributed by atoms with Crippen LogP contribution in [0.1, 0.15) is 18.1 Å². The molecule has 1 aliphatic rings. The van der Waals surface area contributed by atoms with E-state index in [0.717, 1.165) is 26.1 Å². The van der Waals surface area contributed by atoms with Crippen molar-refractivity contribution in [3.63, 3.8) is 0 Å². The summed E-state index contributed by atoms with van der Waals surface area (Å²) in [5.74, 6) is 0. The van der Waals surface area contributed by atoms with Crippen LogP contribution < -0.4 is 10.6 Å². The third-order valence-electron chi connectivity index (χ3n) is 3.57. The van der Waals surface area contributed by atoms with E-state index in [1.165, 1.54) is 16.8 Å². The summed E-state index contributed by atoms with van der Waals surface area (Å²) in [4.78, 5) is 2.24. The van der Waals surface area contributed by atoms with Crippen LogP contribution in [0.5, 0.6) is 0 Å².